The molecule has 1 N–H and O–H groups in total. The highest BCUT2D eigenvalue weighted by Crippen LogP contribution is 2.32. The van der Waals surface area contributed by atoms with E-state index in [1.165, 1.54) is 11.8 Å². The van der Waals surface area contributed by atoms with Crippen molar-refractivity contribution in [1.82, 2.24) is 4.90 Å². The number of amidine groups is 1. The fourth-order valence-electron chi connectivity index (χ4n) is 3.00. The van der Waals surface area contributed by atoms with Crippen molar-refractivity contribution in [2.24, 2.45) is 4.99 Å². The number of aryl methyl sites for hydroxylation is 1. The number of methoxy groups -OCH3 is 1. The quantitative estimate of drug-likeness (QED) is 0.734. The number of nitrogens with one attached hydrogen (secondary N) is 1. The highest BCUT2D eigenvalue weighted by molar-refractivity contribution is 8.15. The molecular weight excluding hydrogens is 386 g/mol. The maximum atomic E-state index is 12.9. The van der Waals surface area contributed by atoms with E-state index in [0.29, 0.717) is 11.7 Å². The molecule has 0 unspecified atom stereocenters. The van der Waals surface area contributed by atoms with Crippen LogP contribution in [-0.4, -0.2) is 40.8 Å². The lowest BCUT2D eigenvalue weighted by atomic mass is 10.2. The smallest absolute Gasteiger partial charge is 0.242 e. The summed E-state index contributed by atoms with van der Waals surface area (Å²) in [5.41, 5.74) is 2.50. The Morgan fingerprint density at radius 3 is 2.59 bits per heavy atom. The van der Waals surface area contributed by atoms with Gasteiger partial charge in [0.2, 0.25) is 11.8 Å². The topological polar surface area (TPSA) is 71.0 Å². The van der Waals surface area contributed by atoms with E-state index in [-0.39, 0.29) is 18.2 Å². The van der Waals surface area contributed by atoms with Gasteiger partial charge in [-0.1, -0.05) is 36.9 Å². The summed E-state index contributed by atoms with van der Waals surface area (Å²) >= 11 is 1.35. The Kier molecular flexibility index (Phi) is 6.93. The number of anilines is 1. The van der Waals surface area contributed by atoms with Gasteiger partial charge in [0.1, 0.15) is 11.0 Å². The molecular formula is C22H25N3O3S. The third-order valence-corrected chi connectivity index (χ3v) is 5.73. The van der Waals surface area contributed by atoms with Crippen molar-refractivity contribution in [3.63, 3.8) is 0 Å². The standard InChI is InChI=1S/C22H25N3O3S/c1-4-13-25-21(27)19(14-20(26)24-18-8-6-5-7-15(18)2)29-22(25)23-16-9-11-17(28-3)12-10-16/h5-12,19H,4,13-14H2,1-3H3,(H,24,26)/t19-/m0/s1. The number of para-hydroxylation sites is 1. The molecule has 0 bridgehead atoms. The van der Waals surface area contributed by atoms with Gasteiger partial charge in [0, 0.05) is 18.7 Å². The van der Waals surface area contributed by atoms with E-state index in [0.717, 1.165) is 29.1 Å². The second-order valence-corrected chi connectivity index (χ2v) is 7.93. The van der Waals surface area contributed by atoms with Crippen molar-refractivity contribution in [1.29, 1.82) is 0 Å². The zero-order valence-electron chi connectivity index (χ0n) is 16.8. The highest BCUT2D eigenvalue weighted by Gasteiger charge is 2.38. The van der Waals surface area contributed by atoms with Gasteiger partial charge in [-0.25, -0.2) is 4.99 Å². The first kappa shape index (κ1) is 20.9. The molecule has 2 aromatic rings. The fraction of sp³-hybridized carbons (Fsp3) is 0.318. The van der Waals surface area contributed by atoms with Crippen molar-refractivity contribution in [3.05, 3.63) is 54.1 Å². The minimum absolute atomic E-state index is 0.0657. The molecule has 6 nitrogen and oxygen atoms in total. The maximum Gasteiger partial charge on any atom is 0.242 e. The minimum atomic E-state index is -0.470. The molecule has 0 radical (unpaired) electrons. The number of amides is 2. The zero-order valence-corrected chi connectivity index (χ0v) is 17.7. The van der Waals surface area contributed by atoms with Gasteiger partial charge in [-0.3, -0.25) is 14.5 Å². The first-order valence-electron chi connectivity index (χ1n) is 9.58. The van der Waals surface area contributed by atoms with Crippen LogP contribution in [0.2, 0.25) is 0 Å². The average Bonchev–Trinajstić information content (AvgIpc) is 2.99. The molecule has 0 aromatic heterocycles. The van der Waals surface area contributed by atoms with Gasteiger partial charge in [0.05, 0.1) is 12.8 Å². The summed E-state index contributed by atoms with van der Waals surface area (Å²) in [6.45, 7) is 4.53. The molecule has 1 aliphatic rings. The van der Waals surface area contributed by atoms with Crippen LogP contribution in [0, 0.1) is 6.92 Å². The highest BCUT2D eigenvalue weighted by atomic mass is 32.2. The van der Waals surface area contributed by atoms with Crippen LogP contribution in [0.3, 0.4) is 0 Å². The molecule has 0 spiro atoms. The van der Waals surface area contributed by atoms with Crippen LogP contribution in [0.4, 0.5) is 11.4 Å². The van der Waals surface area contributed by atoms with Crippen molar-refractivity contribution >= 4 is 40.1 Å². The lowest BCUT2D eigenvalue weighted by Gasteiger charge is -2.15. The largest absolute Gasteiger partial charge is 0.497 e. The molecule has 3 rings (SSSR count). The Hall–Kier alpha value is -2.80. The molecule has 1 fully saturated rings. The third-order valence-electron chi connectivity index (χ3n) is 4.55. The number of benzene rings is 2. The van der Waals surface area contributed by atoms with Gasteiger partial charge in [-0.15, -0.1) is 0 Å². The lowest BCUT2D eigenvalue weighted by Crippen LogP contribution is -2.34. The second-order valence-electron chi connectivity index (χ2n) is 6.76. The number of aliphatic imine (C=N–C) groups is 1. The van der Waals surface area contributed by atoms with E-state index >= 15 is 0 Å². The van der Waals surface area contributed by atoms with Gasteiger partial charge in [-0.05, 0) is 49.2 Å². The Morgan fingerprint density at radius 2 is 1.93 bits per heavy atom. The number of rotatable bonds is 7. The molecule has 7 heteroatoms. The lowest BCUT2D eigenvalue weighted by molar-refractivity contribution is -0.128. The molecule has 1 aliphatic heterocycles. The van der Waals surface area contributed by atoms with Crippen LogP contribution < -0.4 is 10.1 Å². The monoisotopic (exact) mass is 411 g/mol. The second kappa shape index (κ2) is 9.60. The molecule has 0 saturated carbocycles. The van der Waals surface area contributed by atoms with Crippen LogP contribution >= 0.6 is 11.8 Å². The van der Waals surface area contributed by atoms with Gasteiger partial charge < -0.3 is 10.1 Å². The molecule has 2 aromatic carbocycles. The summed E-state index contributed by atoms with van der Waals surface area (Å²) < 4.78 is 5.17. The number of carbonyl (C=O) groups excluding carboxylic acids is 2. The Bertz CT molecular complexity index is 912. The van der Waals surface area contributed by atoms with Gasteiger partial charge in [0.15, 0.2) is 5.17 Å². The first-order valence-corrected chi connectivity index (χ1v) is 10.5. The Morgan fingerprint density at radius 1 is 1.21 bits per heavy atom. The molecule has 1 saturated heterocycles. The summed E-state index contributed by atoms with van der Waals surface area (Å²) in [5, 5.41) is 3.07. The molecule has 1 heterocycles. The van der Waals surface area contributed by atoms with Crippen LogP contribution in [0.1, 0.15) is 25.3 Å². The molecule has 2 amide bonds. The molecule has 152 valence electrons. The number of hydrogen-bond donors (Lipinski definition) is 1. The minimum Gasteiger partial charge on any atom is -0.497 e. The van der Waals surface area contributed by atoms with Crippen LogP contribution in [0.5, 0.6) is 5.75 Å². The van der Waals surface area contributed by atoms with Crippen LogP contribution in [0.25, 0.3) is 0 Å². The first-order chi connectivity index (χ1) is 14.0. The molecule has 0 aliphatic carbocycles. The Balaban J connectivity index is 1.73. The number of ether oxygens (including phenoxy) is 1. The number of carbonyl (C=O) groups is 2. The summed E-state index contributed by atoms with van der Waals surface area (Å²) in [6, 6.07) is 15.0. The summed E-state index contributed by atoms with van der Waals surface area (Å²) in [4.78, 5) is 31.7. The summed E-state index contributed by atoms with van der Waals surface area (Å²) in [7, 11) is 1.61. The fourth-order valence-corrected chi connectivity index (χ4v) is 4.19. The third kappa shape index (κ3) is 5.17. The van der Waals surface area contributed by atoms with Crippen molar-refractivity contribution < 1.29 is 14.3 Å². The Labute approximate surface area is 175 Å². The average molecular weight is 412 g/mol. The van der Waals surface area contributed by atoms with Gasteiger partial charge in [-0.2, -0.15) is 0 Å². The van der Waals surface area contributed by atoms with Crippen LogP contribution in [0.15, 0.2) is 53.5 Å². The number of nitrogens with zero attached hydrogens (tertiary/aromatic N) is 2. The van der Waals surface area contributed by atoms with E-state index in [4.69, 9.17) is 4.74 Å². The maximum absolute atomic E-state index is 12.9. The predicted octanol–water partition coefficient (Wildman–Crippen LogP) is 4.37. The van der Waals surface area contributed by atoms with E-state index < -0.39 is 5.25 Å². The van der Waals surface area contributed by atoms with Crippen molar-refractivity contribution in [3.8, 4) is 5.75 Å². The molecule has 1 atom stereocenters. The SMILES string of the molecule is CCCN1C(=O)[C@H](CC(=O)Nc2ccccc2C)SC1=Nc1ccc(OC)cc1. The predicted molar refractivity (Wildman–Crippen MR) is 118 cm³/mol. The summed E-state index contributed by atoms with van der Waals surface area (Å²) in [5.74, 6) is 0.511. The number of thioether (sulfide) groups is 1. The van der Waals surface area contributed by atoms with Crippen LogP contribution in [-0.2, 0) is 9.59 Å². The van der Waals surface area contributed by atoms with Crippen molar-refractivity contribution in [2.75, 3.05) is 19.0 Å². The number of hydrogen-bond acceptors (Lipinski definition) is 5. The normalized spacial score (nSPS) is 17.6. The van der Waals surface area contributed by atoms with E-state index in [1.807, 2.05) is 62.4 Å². The van der Waals surface area contributed by atoms with Gasteiger partial charge >= 0.3 is 0 Å². The van der Waals surface area contributed by atoms with Crippen molar-refractivity contribution in [2.45, 2.75) is 31.9 Å². The zero-order chi connectivity index (χ0) is 20.8. The summed E-state index contributed by atoms with van der Waals surface area (Å²) in [6.07, 6.45) is 0.926. The van der Waals surface area contributed by atoms with E-state index in [2.05, 4.69) is 10.3 Å². The molecule has 29 heavy (non-hydrogen) atoms. The van der Waals surface area contributed by atoms with Gasteiger partial charge in [0.25, 0.3) is 0 Å². The van der Waals surface area contributed by atoms with E-state index in [1.54, 1.807) is 12.0 Å². The van der Waals surface area contributed by atoms with E-state index in [9.17, 15) is 9.59 Å².